The van der Waals surface area contributed by atoms with Gasteiger partial charge in [-0.25, -0.2) is 8.42 Å². The molecule has 1 saturated carbocycles. The molecule has 0 unspecified atom stereocenters. The highest BCUT2D eigenvalue weighted by atomic mass is 32.2. The van der Waals surface area contributed by atoms with Gasteiger partial charge in [-0.2, -0.15) is 4.31 Å². The molecule has 1 aliphatic carbocycles. The molecule has 1 aromatic carbocycles. The van der Waals surface area contributed by atoms with Gasteiger partial charge in [0.15, 0.2) is 5.41 Å². The van der Waals surface area contributed by atoms with Gasteiger partial charge in [0.05, 0.1) is 18.1 Å². The highest BCUT2D eigenvalue weighted by Gasteiger charge is 2.66. The average Bonchev–Trinajstić information content (AvgIpc) is 3.22. The van der Waals surface area contributed by atoms with E-state index in [0.29, 0.717) is 6.42 Å². The Labute approximate surface area is 159 Å². The third-order valence-electron chi connectivity index (χ3n) is 5.53. The molecule has 0 spiro atoms. The number of hydrogen-bond donors (Lipinski definition) is 0. The van der Waals surface area contributed by atoms with Gasteiger partial charge >= 0.3 is 11.9 Å². The van der Waals surface area contributed by atoms with E-state index in [2.05, 4.69) is 0 Å². The van der Waals surface area contributed by atoms with Gasteiger partial charge in [-0.3, -0.25) is 9.59 Å². The first-order valence-electron chi connectivity index (χ1n) is 9.20. The van der Waals surface area contributed by atoms with Crippen molar-refractivity contribution in [1.29, 1.82) is 0 Å². The smallest absolute Gasteiger partial charge is 0.323 e. The van der Waals surface area contributed by atoms with Crippen molar-refractivity contribution in [2.45, 2.75) is 44.6 Å². The molecule has 2 aliphatic rings. The number of fused-ring (bicyclic) bond motifs is 2. The molecule has 2 atom stereocenters. The lowest BCUT2D eigenvalue weighted by Gasteiger charge is -2.36. The van der Waals surface area contributed by atoms with Crippen molar-refractivity contribution in [3.63, 3.8) is 0 Å². The monoisotopic (exact) mass is 395 g/mol. The first-order chi connectivity index (χ1) is 12.8. The van der Waals surface area contributed by atoms with Gasteiger partial charge in [0.25, 0.3) is 0 Å². The Kier molecular flexibility index (Phi) is 5.31. The Bertz CT molecular complexity index is 814. The second-order valence-corrected chi connectivity index (χ2v) is 8.98. The van der Waals surface area contributed by atoms with Gasteiger partial charge in [-0.15, -0.1) is 0 Å². The summed E-state index contributed by atoms with van der Waals surface area (Å²) in [6, 6.07) is 6.25. The van der Waals surface area contributed by atoms with E-state index >= 15 is 0 Å². The van der Waals surface area contributed by atoms with E-state index in [4.69, 9.17) is 9.47 Å². The summed E-state index contributed by atoms with van der Waals surface area (Å²) >= 11 is 0. The topological polar surface area (TPSA) is 90.0 Å². The molecule has 2 fully saturated rings. The van der Waals surface area contributed by atoms with Crippen molar-refractivity contribution in [2.75, 3.05) is 19.8 Å². The average molecular weight is 395 g/mol. The Morgan fingerprint density at radius 1 is 1.11 bits per heavy atom. The van der Waals surface area contributed by atoms with E-state index in [-0.39, 0.29) is 31.1 Å². The number of ether oxygens (including phenoxy) is 2. The predicted molar refractivity (Wildman–Crippen MR) is 97.3 cm³/mol. The van der Waals surface area contributed by atoms with Crippen LogP contribution in [0.1, 0.15) is 32.3 Å². The molecule has 0 aromatic heterocycles. The van der Waals surface area contributed by atoms with Crippen LogP contribution >= 0.6 is 0 Å². The lowest BCUT2D eigenvalue weighted by molar-refractivity contribution is -0.176. The van der Waals surface area contributed by atoms with Gasteiger partial charge in [0, 0.05) is 18.5 Å². The number of carbonyl (C=O) groups is 2. The van der Waals surface area contributed by atoms with Crippen molar-refractivity contribution >= 4 is 22.0 Å². The first-order valence-corrected chi connectivity index (χ1v) is 10.6. The molecule has 1 saturated heterocycles. The van der Waals surface area contributed by atoms with E-state index < -0.39 is 39.3 Å². The van der Waals surface area contributed by atoms with Crippen LogP contribution in [0.2, 0.25) is 0 Å². The maximum absolute atomic E-state index is 13.0. The van der Waals surface area contributed by atoms with Crippen LogP contribution in [0.5, 0.6) is 0 Å². The number of benzene rings is 1. The molecular weight excluding hydrogens is 370 g/mol. The zero-order valence-electron chi connectivity index (χ0n) is 15.8. The lowest BCUT2D eigenvalue weighted by atomic mass is 9.76. The standard InChI is InChI=1S/C19H25NO6S/c1-4-25-17(21)19(18(22)26-5-2)11-15-10-14(19)12-20(15)27(23,24)16-8-6-13(3)7-9-16/h6-9,14-15H,4-5,10-12H2,1-3H3/t14-,15-/m1/s1. The van der Waals surface area contributed by atoms with E-state index in [0.717, 1.165) is 5.56 Å². The number of piperidine rings is 1. The summed E-state index contributed by atoms with van der Waals surface area (Å²) in [5.41, 5.74) is -0.434. The maximum Gasteiger partial charge on any atom is 0.323 e. The van der Waals surface area contributed by atoms with Crippen LogP contribution in [-0.4, -0.2) is 50.5 Å². The molecular formula is C19H25NO6S. The highest BCUT2D eigenvalue weighted by molar-refractivity contribution is 7.89. The fourth-order valence-electron chi connectivity index (χ4n) is 4.21. The van der Waals surface area contributed by atoms with E-state index in [1.165, 1.54) is 4.31 Å². The number of aryl methyl sites for hydroxylation is 1. The number of rotatable bonds is 6. The molecule has 27 heavy (non-hydrogen) atoms. The summed E-state index contributed by atoms with van der Waals surface area (Å²) in [7, 11) is -3.68. The van der Waals surface area contributed by atoms with Crippen molar-refractivity contribution in [2.24, 2.45) is 11.3 Å². The number of sulfonamides is 1. The molecule has 7 nitrogen and oxygen atoms in total. The summed E-state index contributed by atoms with van der Waals surface area (Å²) in [5.74, 6) is -1.66. The molecule has 1 heterocycles. The summed E-state index contributed by atoms with van der Waals surface area (Å²) in [6.07, 6.45) is 0.545. The number of esters is 2. The molecule has 3 rings (SSSR count). The summed E-state index contributed by atoms with van der Waals surface area (Å²) in [4.78, 5) is 25.5. The number of nitrogens with zero attached hydrogens (tertiary/aromatic N) is 1. The number of hydrogen-bond acceptors (Lipinski definition) is 6. The van der Waals surface area contributed by atoms with Crippen molar-refractivity contribution in [3.8, 4) is 0 Å². The molecule has 0 amide bonds. The lowest BCUT2D eigenvalue weighted by Crippen LogP contribution is -2.52. The first kappa shape index (κ1) is 19.8. The number of carbonyl (C=O) groups excluding carboxylic acids is 2. The summed E-state index contributed by atoms with van der Waals surface area (Å²) < 4.78 is 37.8. The Morgan fingerprint density at radius 3 is 2.11 bits per heavy atom. The van der Waals surface area contributed by atoms with Crippen LogP contribution in [0.3, 0.4) is 0 Å². The Hall–Kier alpha value is -1.93. The molecule has 1 aliphatic heterocycles. The predicted octanol–water partition coefficient (Wildman–Crippen LogP) is 1.89. The molecule has 2 bridgehead atoms. The van der Waals surface area contributed by atoms with Crippen molar-refractivity contribution in [1.82, 2.24) is 4.31 Å². The fourth-order valence-corrected chi connectivity index (χ4v) is 5.89. The zero-order chi connectivity index (χ0) is 19.8. The minimum Gasteiger partial charge on any atom is -0.465 e. The van der Waals surface area contributed by atoms with Crippen LogP contribution in [0.25, 0.3) is 0 Å². The summed E-state index contributed by atoms with van der Waals surface area (Å²) in [6.45, 7) is 5.67. The minimum atomic E-state index is -3.68. The van der Waals surface area contributed by atoms with Gasteiger partial charge in [-0.05, 0) is 45.7 Å². The van der Waals surface area contributed by atoms with Crippen molar-refractivity contribution < 1.29 is 27.5 Å². The van der Waals surface area contributed by atoms with Crippen LogP contribution in [0, 0.1) is 18.3 Å². The molecule has 0 radical (unpaired) electrons. The molecule has 148 valence electrons. The fraction of sp³-hybridized carbons (Fsp3) is 0.579. The summed E-state index contributed by atoms with van der Waals surface area (Å²) in [5, 5.41) is 0. The van der Waals surface area contributed by atoms with Crippen LogP contribution in [0.15, 0.2) is 29.2 Å². The highest BCUT2D eigenvalue weighted by Crippen LogP contribution is 2.53. The SMILES string of the molecule is CCOC(=O)C1(C(=O)OCC)C[C@H]2C[C@@H]1CN2S(=O)(=O)c1ccc(C)cc1. The molecule has 0 N–H and O–H groups in total. The largest absolute Gasteiger partial charge is 0.465 e. The van der Waals surface area contributed by atoms with Crippen molar-refractivity contribution in [3.05, 3.63) is 29.8 Å². The third-order valence-corrected chi connectivity index (χ3v) is 7.46. The van der Waals surface area contributed by atoms with Crippen LogP contribution < -0.4 is 0 Å². The van der Waals surface area contributed by atoms with E-state index in [1.54, 1.807) is 38.1 Å². The van der Waals surface area contributed by atoms with Gasteiger partial charge in [-0.1, -0.05) is 17.7 Å². The van der Waals surface area contributed by atoms with Gasteiger partial charge in [0.1, 0.15) is 0 Å². The third kappa shape index (κ3) is 3.14. The Balaban J connectivity index is 1.89. The van der Waals surface area contributed by atoms with Crippen LogP contribution in [-0.2, 0) is 29.1 Å². The molecule has 8 heteroatoms. The second-order valence-electron chi connectivity index (χ2n) is 7.09. The van der Waals surface area contributed by atoms with E-state index in [1.807, 2.05) is 6.92 Å². The zero-order valence-corrected chi connectivity index (χ0v) is 16.6. The van der Waals surface area contributed by atoms with Gasteiger partial charge in [0.2, 0.25) is 10.0 Å². The molecule has 1 aromatic rings. The normalized spacial score (nSPS) is 24.0. The maximum atomic E-state index is 13.0. The van der Waals surface area contributed by atoms with Gasteiger partial charge < -0.3 is 9.47 Å². The second kappa shape index (κ2) is 7.24. The van der Waals surface area contributed by atoms with E-state index in [9.17, 15) is 18.0 Å². The minimum absolute atomic E-state index is 0.0976. The quantitative estimate of drug-likeness (QED) is 0.540. The Morgan fingerprint density at radius 2 is 1.67 bits per heavy atom. The van der Waals surface area contributed by atoms with Crippen LogP contribution in [0.4, 0.5) is 0 Å².